The first-order valence-electron chi connectivity index (χ1n) is 17.7. The molecule has 0 fully saturated rings. The first-order chi connectivity index (χ1) is 22.7. The van der Waals surface area contributed by atoms with Crippen LogP contribution in [-0.4, -0.2) is 81.0 Å². The minimum atomic E-state index is -0.547. The van der Waals surface area contributed by atoms with Gasteiger partial charge in [0.05, 0.1) is 33.0 Å². The smallest absolute Gasteiger partial charge is 0.407 e. The fourth-order valence-corrected chi connectivity index (χ4v) is 4.37. The van der Waals surface area contributed by atoms with E-state index in [4.69, 9.17) is 19.9 Å². The number of imide groups is 1. The molecule has 1 heterocycles. The van der Waals surface area contributed by atoms with E-state index >= 15 is 0 Å². The summed E-state index contributed by atoms with van der Waals surface area (Å²) in [6, 6.07) is 9.28. The summed E-state index contributed by atoms with van der Waals surface area (Å²) < 4.78 is 16.2. The second kappa shape index (κ2) is 24.0. The predicted molar refractivity (Wildman–Crippen MR) is 199 cm³/mol. The van der Waals surface area contributed by atoms with Crippen molar-refractivity contribution in [2.24, 2.45) is 11.1 Å². The molecule has 2 aromatic rings. The van der Waals surface area contributed by atoms with Crippen LogP contribution in [0.3, 0.4) is 0 Å². The SMILES string of the molecule is CC.CC.CC(C)(C)C.CC(C)(C)OC(=O)NCCOCCOCCN1C(=O)c2cccc3c(NCCCCCCN)ccc(c23)C1=O. The van der Waals surface area contributed by atoms with E-state index in [1.54, 1.807) is 32.9 Å². The van der Waals surface area contributed by atoms with Crippen molar-refractivity contribution < 1.29 is 28.6 Å². The average molecular weight is 675 g/mol. The van der Waals surface area contributed by atoms with Crippen LogP contribution in [0.5, 0.6) is 0 Å². The maximum Gasteiger partial charge on any atom is 0.407 e. The Labute approximate surface area is 290 Å². The molecule has 2 aromatic carbocycles. The molecule has 0 saturated heterocycles. The van der Waals surface area contributed by atoms with Gasteiger partial charge in [0.1, 0.15) is 5.60 Å². The lowest BCUT2D eigenvalue weighted by molar-refractivity contribution is 0.0310. The molecule has 0 aromatic heterocycles. The third-order valence-corrected chi connectivity index (χ3v) is 6.18. The lowest BCUT2D eigenvalue weighted by Crippen LogP contribution is -2.42. The van der Waals surface area contributed by atoms with Crippen LogP contribution in [-0.2, 0) is 14.2 Å². The Kier molecular flexibility index (Phi) is 22.4. The number of hydrogen-bond donors (Lipinski definition) is 3. The van der Waals surface area contributed by atoms with Crippen molar-refractivity contribution in [1.82, 2.24) is 10.2 Å². The topological polar surface area (TPSA) is 132 Å². The van der Waals surface area contributed by atoms with Crippen LogP contribution in [0.1, 0.15) is 123 Å². The monoisotopic (exact) mass is 674 g/mol. The Hall–Kier alpha value is -3.21. The van der Waals surface area contributed by atoms with Crippen molar-refractivity contribution in [2.45, 2.75) is 107 Å². The third-order valence-electron chi connectivity index (χ3n) is 6.18. The van der Waals surface area contributed by atoms with E-state index in [0.29, 0.717) is 48.3 Å². The van der Waals surface area contributed by atoms with Crippen LogP contribution in [0.25, 0.3) is 10.8 Å². The van der Waals surface area contributed by atoms with Crippen molar-refractivity contribution in [2.75, 3.05) is 57.9 Å². The van der Waals surface area contributed by atoms with Crippen LogP contribution in [0.4, 0.5) is 10.5 Å². The van der Waals surface area contributed by atoms with Crippen LogP contribution >= 0.6 is 0 Å². The molecule has 0 bridgehead atoms. The summed E-state index contributed by atoms with van der Waals surface area (Å²) in [6.45, 7) is 25.3. The highest BCUT2D eigenvalue weighted by Crippen LogP contribution is 2.34. The zero-order valence-corrected chi connectivity index (χ0v) is 31.8. The van der Waals surface area contributed by atoms with E-state index in [-0.39, 0.29) is 25.0 Å². The van der Waals surface area contributed by atoms with Gasteiger partial charge in [-0.2, -0.15) is 0 Å². The number of amides is 3. The number of unbranched alkanes of at least 4 members (excludes halogenated alkanes) is 3. The minimum Gasteiger partial charge on any atom is -0.444 e. The van der Waals surface area contributed by atoms with Crippen molar-refractivity contribution in [1.29, 1.82) is 0 Å². The van der Waals surface area contributed by atoms with Crippen LogP contribution in [0.2, 0.25) is 0 Å². The molecule has 10 nitrogen and oxygen atoms in total. The predicted octanol–water partition coefficient (Wildman–Crippen LogP) is 8.03. The van der Waals surface area contributed by atoms with E-state index in [9.17, 15) is 14.4 Å². The zero-order chi connectivity index (χ0) is 36.8. The van der Waals surface area contributed by atoms with Crippen molar-refractivity contribution in [3.05, 3.63) is 41.5 Å². The molecule has 1 aliphatic heterocycles. The Balaban J connectivity index is 0.00000221. The quantitative estimate of drug-likeness (QED) is 0.120. The second-order valence-electron chi connectivity index (χ2n) is 13.4. The molecule has 1 aliphatic rings. The lowest BCUT2D eigenvalue weighted by Gasteiger charge is -2.27. The van der Waals surface area contributed by atoms with E-state index < -0.39 is 11.7 Å². The Morgan fingerprint density at radius 2 is 1.31 bits per heavy atom. The summed E-state index contributed by atoms with van der Waals surface area (Å²) in [4.78, 5) is 39.3. The van der Waals surface area contributed by atoms with Crippen molar-refractivity contribution in [3.63, 3.8) is 0 Å². The standard InChI is InChI=1S/C29H42N4O6.C5H12.2C2H6/c1-29(2,3)39-28(36)32-15-17-37-19-20-38-18-16-33-26(34)22-10-8-9-21-24(31-14-7-5-4-6-13-30)12-11-23(25(21)22)27(33)35;1-5(2,3)4;2*1-2/h8-12,31H,4-7,13-20,30H2,1-3H3,(H,32,36);1-4H3;2*1-2H3. The molecule has 3 rings (SSSR count). The highest BCUT2D eigenvalue weighted by molar-refractivity contribution is 6.26. The Morgan fingerprint density at radius 1 is 0.750 bits per heavy atom. The average Bonchev–Trinajstić information content (AvgIpc) is 3.02. The molecular weight excluding hydrogens is 608 g/mol. The van der Waals surface area contributed by atoms with Gasteiger partial charge >= 0.3 is 6.09 Å². The third kappa shape index (κ3) is 17.8. The van der Waals surface area contributed by atoms with Gasteiger partial charge in [0.15, 0.2) is 0 Å². The van der Waals surface area contributed by atoms with Gasteiger partial charge in [0.2, 0.25) is 0 Å². The molecule has 3 amide bonds. The molecule has 0 spiro atoms. The van der Waals surface area contributed by atoms with Crippen molar-refractivity contribution in [3.8, 4) is 0 Å². The molecule has 0 aliphatic carbocycles. The number of alkyl carbamates (subject to hydrolysis) is 1. The molecular formula is C38H66N4O6. The van der Waals surface area contributed by atoms with Gasteiger partial charge in [-0.1, -0.05) is 80.4 Å². The number of rotatable bonds is 16. The normalized spacial score (nSPS) is 12.2. The minimum absolute atomic E-state index is 0.149. The number of ether oxygens (including phenoxy) is 3. The summed E-state index contributed by atoms with van der Waals surface area (Å²) in [5.74, 6) is -0.629. The number of hydrogen-bond acceptors (Lipinski definition) is 8. The summed E-state index contributed by atoms with van der Waals surface area (Å²) in [5, 5.41) is 7.66. The van der Waals surface area contributed by atoms with Crippen molar-refractivity contribution >= 4 is 34.4 Å². The number of carbonyl (C=O) groups excluding carboxylic acids is 3. The molecule has 274 valence electrons. The van der Waals surface area contributed by atoms with E-state index in [0.717, 1.165) is 49.8 Å². The molecule has 10 heteroatoms. The number of nitrogens with zero attached hydrogens (tertiary/aromatic N) is 1. The molecule has 48 heavy (non-hydrogen) atoms. The highest BCUT2D eigenvalue weighted by Gasteiger charge is 2.33. The maximum atomic E-state index is 13.2. The Morgan fingerprint density at radius 3 is 1.90 bits per heavy atom. The highest BCUT2D eigenvalue weighted by atomic mass is 16.6. The van der Waals surface area contributed by atoms with Gasteiger partial charge < -0.3 is 30.6 Å². The Bertz CT molecular complexity index is 1190. The summed E-state index contributed by atoms with van der Waals surface area (Å²) in [7, 11) is 0. The van der Waals surface area contributed by atoms with Gasteiger partial charge in [-0.25, -0.2) is 4.79 Å². The maximum absolute atomic E-state index is 13.2. The number of anilines is 1. The number of carbonyl (C=O) groups is 3. The van der Waals surface area contributed by atoms with Crippen LogP contribution in [0.15, 0.2) is 30.3 Å². The molecule has 0 unspecified atom stereocenters. The summed E-state index contributed by atoms with van der Waals surface area (Å²) in [5.41, 5.74) is 7.48. The second-order valence-corrected chi connectivity index (χ2v) is 13.4. The van der Waals surface area contributed by atoms with E-state index in [2.05, 4.69) is 38.3 Å². The lowest BCUT2D eigenvalue weighted by atomic mass is 9.93. The molecule has 0 saturated carbocycles. The number of nitrogens with two attached hydrogens (primary N) is 1. The zero-order valence-electron chi connectivity index (χ0n) is 31.8. The first kappa shape index (κ1) is 44.8. The molecule has 0 atom stereocenters. The van der Waals surface area contributed by atoms with Gasteiger partial charge in [0.25, 0.3) is 11.8 Å². The largest absolute Gasteiger partial charge is 0.444 e. The molecule has 0 radical (unpaired) electrons. The van der Waals surface area contributed by atoms with E-state index in [1.807, 2.05) is 45.9 Å². The van der Waals surface area contributed by atoms with Gasteiger partial charge in [-0.15, -0.1) is 0 Å². The fraction of sp³-hybridized carbons (Fsp3) is 0.658. The summed E-state index contributed by atoms with van der Waals surface area (Å²) in [6.07, 6.45) is 3.80. The van der Waals surface area contributed by atoms with Crippen LogP contribution in [0, 0.1) is 5.41 Å². The van der Waals surface area contributed by atoms with Gasteiger partial charge in [0, 0.05) is 40.7 Å². The van der Waals surface area contributed by atoms with E-state index in [1.165, 1.54) is 4.90 Å². The number of nitrogens with one attached hydrogen (secondary N) is 2. The van der Waals surface area contributed by atoms with Gasteiger partial charge in [-0.05, 0) is 63.8 Å². The fourth-order valence-electron chi connectivity index (χ4n) is 4.37. The number of benzene rings is 2. The van der Waals surface area contributed by atoms with Gasteiger partial charge in [-0.3, -0.25) is 14.5 Å². The summed E-state index contributed by atoms with van der Waals surface area (Å²) >= 11 is 0. The molecule has 4 N–H and O–H groups in total. The first-order valence-corrected chi connectivity index (χ1v) is 17.7. The van der Waals surface area contributed by atoms with Crippen LogP contribution < -0.4 is 16.4 Å².